The molecule has 0 saturated carbocycles. The minimum atomic E-state index is -0.308. The third-order valence-corrected chi connectivity index (χ3v) is 4.29. The molecule has 0 N–H and O–H groups in total. The Balaban J connectivity index is 2.07. The number of hydrogen-bond acceptors (Lipinski definition) is 3. The van der Waals surface area contributed by atoms with Crippen LogP contribution >= 0.6 is 0 Å². The molecule has 0 aromatic carbocycles. The zero-order valence-electron chi connectivity index (χ0n) is 11.4. The van der Waals surface area contributed by atoms with Crippen LogP contribution in [0.15, 0.2) is 23.0 Å². The maximum atomic E-state index is 12.6. The molecule has 1 fully saturated rings. The van der Waals surface area contributed by atoms with E-state index in [1.54, 1.807) is 12.5 Å². The summed E-state index contributed by atoms with van der Waals surface area (Å²) in [5.74, 6) is 0.313. The molecule has 0 radical (unpaired) electrons. The lowest BCUT2D eigenvalue weighted by atomic mass is 9.86. The van der Waals surface area contributed by atoms with Gasteiger partial charge in [0.05, 0.1) is 18.1 Å². The first kappa shape index (κ1) is 13.3. The summed E-state index contributed by atoms with van der Waals surface area (Å²) in [6.45, 7) is 6.32. The molecule has 2 rings (SSSR count). The fourth-order valence-corrected chi connectivity index (χ4v) is 2.75. The zero-order chi connectivity index (χ0) is 13.0. The van der Waals surface area contributed by atoms with E-state index >= 15 is 0 Å². The number of carbonyl (C=O) groups excluding carboxylic acids is 1. The highest BCUT2D eigenvalue weighted by Gasteiger charge is 2.37. The molecule has 3 nitrogen and oxygen atoms in total. The first-order valence-corrected chi connectivity index (χ1v) is 6.96. The molecular formula is C15H23NO2. The molecule has 0 bridgehead atoms. The van der Waals surface area contributed by atoms with Gasteiger partial charge in [0.2, 0.25) is 0 Å². The summed E-state index contributed by atoms with van der Waals surface area (Å²) >= 11 is 0. The molecule has 1 unspecified atom stereocenters. The van der Waals surface area contributed by atoms with E-state index in [4.69, 9.17) is 4.42 Å². The standard InChI is InChI=1S/C15H23NO2/c1-3-15(2,16-8-5-4-6-9-16)14(17)11-13-7-10-18-12-13/h7,10,12H,3-6,8-9,11H2,1-2H3. The van der Waals surface area contributed by atoms with E-state index in [1.165, 1.54) is 19.3 Å². The molecule has 0 spiro atoms. The number of hydrogen-bond donors (Lipinski definition) is 0. The number of rotatable bonds is 5. The van der Waals surface area contributed by atoms with Crippen molar-refractivity contribution in [1.82, 2.24) is 4.90 Å². The van der Waals surface area contributed by atoms with Crippen LogP contribution in [-0.4, -0.2) is 29.3 Å². The first-order chi connectivity index (χ1) is 8.66. The zero-order valence-corrected chi connectivity index (χ0v) is 11.4. The second kappa shape index (κ2) is 5.70. The molecule has 2 heterocycles. The average Bonchev–Trinajstić information content (AvgIpc) is 2.91. The Morgan fingerprint density at radius 2 is 2.11 bits per heavy atom. The number of piperidine rings is 1. The molecule has 1 aromatic rings. The minimum Gasteiger partial charge on any atom is -0.472 e. The maximum Gasteiger partial charge on any atom is 0.157 e. The highest BCUT2D eigenvalue weighted by molar-refractivity contribution is 5.89. The average molecular weight is 249 g/mol. The van der Waals surface area contributed by atoms with Crippen LogP contribution in [0.3, 0.4) is 0 Å². The second-order valence-electron chi connectivity index (χ2n) is 5.41. The molecule has 18 heavy (non-hydrogen) atoms. The maximum absolute atomic E-state index is 12.6. The van der Waals surface area contributed by atoms with Crippen LogP contribution in [0.25, 0.3) is 0 Å². The van der Waals surface area contributed by atoms with Crippen molar-refractivity contribution in [2.24, 2.45) is 0 Å². The largest absolute Gasteiger partial charge is 0.472 e. The molecule has 1 saturated heterocycles. The van der Waals surface area contributed by atoms with Gasteiger partial charge in [-0.2, -0.15) is 0 Å². The van der Waals surface area contributed by atoms with Crippen molar-refractivity contribution in [3.05, 3.63) is 24.2 Å². The van der Waals surface area contributed by atoms with Crippen molar-refractivity contribution in [3.8, 4) is 0 Å². The monoisotopic (exact) mass is 249 g/mol. The van der Waals surface area contributed by atoms with Crippen LogP contribution in [0.2, 0.25) is 0 Å². The normalized spacial score (nSPS) is 20.6. The van der Waals surface area contributed by atoms with Gasteiger partial charge in [-0.05, 0) is 50.9 Å². The number of ketones is 1. The van der Waals surface area contributed by atoms with Crippen molar-refractivity contribution in [1.29, 1.82) is 0 Å². The van der Waals surface area contributed by atoms with Gasteiger partial charge in [0.25, 0.3) is 0 Å². The van der Waals surface area contributed by atoms with E-state index < -0.39 is 0 Å². The van der Waals surface area contributed by atoms with E-state index in [2.05, 4.69) is 18.7 Å². The number of nitrogens with zero attached hydrogens (tertiary/aromatic N) is 1. The third-order valence-electron chi connectivity index (χ3n) is 4.29. The summed E-state index contributed by atoms with van der Waals surface area (Å²) in [7, 11) is 0. The van der Waals surface area contributed by atoms with E-state index in [1.807, 2.05) is 6.07 Å². The van der Waals surface area contributed by atoms with Crippen LogP contribution in [0.1, 0.15) is 45.1 Å². The number of Topliss-reactive ketones (excluding diaryl/α,β-unsaturated/α-hetero) is 1. The molecule has 3 heteroatoms. The summed E-state index contributed by atoms with van der Waals surface area (Å²) in [6.07, 6.45) is 8.40. The first-order valence-electron chi connectivity index (χ1n) is 6.96. The van der Waals surface area contributed by atoms with Gasteiger partial charge in [0.1, 0.15) is 0 Å². The van der Waals surface area contributed by atoms with Gasteiger partial charge in [-0.25, -0.2) is 0 Å². The lowest BCUT2D eigenvalue weighted by molar-refractivity contribution is -0.130. The van der Waals surface area contributed by atoms with Crippen LogP contribution in [0.4, 0.5) is 0 Å². The molecular weight excluding hydrogens is 226 g/mol. The summed E-state index contributed by atoms with van der Waals surface area (Å²) < 4.78 is 5.04. The second-order valence-corrected chi connectivity index (χ2v) is 5.41. The summed E-state index contributed by atoms with van der Waals surface area (Å²) in [6, 6.07) is 1.88. The van der Waals surface area contributed by atoms with Crippen molar-refractivity contribution < 1.29 is 9.21 Å². The molecule has 0 amide bonds. The minimum absolute atomic E-state index is 0.308. The number of likely N-dealkylation sites (tertiary alicyclic amines) is 1. The van der Waals surface area contributed by atoms with Crippen LogP contribution < -0.4 is 0 Å². The van der Waals surface area contributed by atoms with E-state index in [9.17, 15) is 4.79 Å². The smallest absolute Gasteiger partial charge is 0.157 e. The van der Waals surface area contributed by atoms with Gasteiger partial charge in [-0.15, -0.1) is 0 Å². The SMILES string of the molecule is CCC(C)(C(=O)Cc1ccoc1)N1CCCCC1. The highest BCUT2D eigenvalue weighted by atomic mass is 16.3. The van der Waals surface area contributed by atoms with Crippen molar-refractivity contribution in [2.75, 3.05) is 13.1 Å². The summed E-state index contributed by atoms with van der Waals surface area (Å²) in [5.41, 5.74) is 0.675. The highest BCUT2D eigenvalue weighted by Crippen LogP contribution is 2.26. The van der Waals surface area contributed by atoms with Crippen LogP contribution in [-0.2, 0) is 11.2 Å². The van der Waals surface area contributed by atoms with Gasteiger partial charge in [-0.1, -0.05) is 13.3 Å². The lowest BCUT2D eigenvalue weighted by Gasteiger charge is -2.41. The molecule has 1 aromatic heterocycles. The van der Waals surface area contributed by atoms with E-state index in [-0.39, 0.29) is 5.54 Å². The number of carbonyl (C=O) groups is 1. The Kier molecular flexibility index (Phi) is 4.23. The predicted molar refractivity (Wildman–Crippen MR) is 71.5 cm³/mol. The van der Waals surface area contributed by atoms with Crippen molar-refractivity contribution in [3.63, 3.8) is 0 Å². The predicted octanol–water partition coefficient (Wildman–Crippen LogP) is 3.05. The lowest BCUT2D eigenvalue weighted by Crippen LogP contribution is -2.54. The molecule has 1 atom stereocenters. The van der Waals surface area contributed by atoms with Crippen molar-refractivity contribution in [2.45, 2.75) is 51.5 Å². The fraction of sp³-hybridized carbons (Fsp3) is 0.667. The topological polar surface area (TPSA) is 33.5 Å². The Bertz CT molecular complexity index is 379. The molecule has 1 aliphatic rings. The Morgan fingerprint density at radius 1 is 1.39 bits per heavy atom. The van der Waals surface area contributed by atoms with Crippen LogP contribution in [0, 0.1) is 0 Å². The van der Waals surface area contributed by atoms with Gasteiger partial charge < -0.3 is 4.42 Å². The van der Waals surface area contributed by atoms with E-state index in [0.29, 0.717) is 12.2 Å². The van der Waals surface area contributed by atoms with Crippen molar-refractivity contribution >= 4 is 5.78 Å². The quantitative estimate of drug-likeness (QED) is 0.804. The Morgan fingerprint density at radius 3 is 2.67 bits per heavy atom. The van der Waals surface area contributed by atoms with Crippen LogP contribution in [0.5, 0.6) is 0 Å². The Hall–Kier alpha value is -1.09. The van der Waals surface area contributed by atoms with Gasteiger partial charge in [0, 0.05) is 6.42 Å². The fourth-order valence-electron chi connectivity index (χ4n) is 2.75. The molecule has 100 valence electrons. The third kappa shape index (κ3) is 2.66. The van der Waals surface area contributed by atoms with Gasteiger partial charge in [-0.3, -0.25) is 9.69 Å². The Labute approximate surface area is 109 Å². The summed E-state index contributed by atoms with van der Waals surface area (Å²) in [4.78, 5) is 15.0. The molecule has 0 aliphatic carbocycles. The summed E-state index contributed by atoms with van der Waals surface area (Å²) in [5, 5.41) is 0. The van der Waals surface area contributed by atoms with Gasteiger partial charge >= 0.3 is 0 Å². The number of furan rings is 1. The van der Waals surface area contributed by atoms with E-state index in [0.717, 1.165) is 25.1 Å². The molecule has 1 aliphatic heterocycles. The van der Waals surface area contributed by atoms with Gasteiger partial charge in [0.15, 0.2) is 5.78 Å².